The van der Waals surface area contributed by atoms with Gasteiger partial charge in [0.2, 0.25) is 0 Å². The molecular weight excluding hydrogens is 314 g/mol. The minimum atomic E-state index is 0.397. The van der Waals surface area contributed by atoms with Crippen LogP contribution in [0.3, 0.4) is 0 Å². The molecule has 2 N–H and O–H groups in total. The largest absolute Gasteiger partial charge is 0.505 e. The minimum absolute atomic E-state index is 0.397. The third-order valence-electron chi connectivity index (χ3n) is 4.94. The van der Waals surface area contributed by atoms with Crippen LogP contribution < -0.4 is 15.2 Å². The van der Waals surface area contributed by atoms with Crippen molar-refractivity contribution < 1.29 is 5.11 Å². The van der Waals surface area contributed by atoms with E-state index >= 15 is 0 Å². The molecule has 6 heteroatoms. The molecule has 0 aromatic heterocycles. The van der Waals surface area contributed by atoms with Gasteiger partial charge in [0.15, 0.2) is 0 Å². The zero-order chi connectivity index (χ0) is 17.8. The molecular formula is C19H29N5O. The van der Waals surface area contributed by atoms with E-state index in [4.69, 9.17) is 0 Å². The zero-order valence-corrected chi connectivity index (χ0v) is 15.5. The van der Waals surface area contributed by atoms with Crippen molar-refractivity contribution in [3.05, 3.63) is 29.6 Å². The third kappa shape index (κ3) is 3.67. The van der Waals surface area contributed by atoms with Crippen molar-refractivity contribution in [3.8, 4) is 5.75 Å². The van der Waals surface area contributed by atoms with Crippen molar-refractivity contribution in [2.75, 3.05) is 50.7 Å². The lowest BCUT2D eigenvalue weighted by molar-refractivity contribution is 0.462. The highest BCUT2D eigenvalue weighted by molar-refractivity contribution is 5.76. The van der Waals surface area contributed by atoms with Crippen LogP contribution in [0.5, 0.6) is 5.75 Å². The summed E-state index contributed by atoms with van der Waals surface area (Å²) in [5.41, 5.74) is 4.55. The zero-order valence-electron chi connectivity index (χ0n) is 15.5. The van der Waals surface area contributed by atoms with Gasteiger partial charge in [-0.3, -0.25) is 5.01 Å². The summed E-state index contributed by atoms with van der Waals surface area (Å²) in [5.74, 6) is 0.397. The summed E-state index contributed by atoms with van der Waals surface area (Å²) < 4.78 is 0. The van der Waals surface area contributed by atoms with Gasteiger partial charge in [0.25, 0.3) is 0 Å². The molecule has 136 valence electrons. The second-order valence-electron chi connectivity index (χ2n) is 6.79. The first-order valence-corrected chi connectivity index (χ1v) is 9.05. The molecule has 0 bridgehead atoms. The van der Waals surface area contributed by atoms with Gasteiger partial charge in [-0.1, -0.05) is 0 Å². The summed E-state index contributed by atoms with van der Waals surface area (Å²) in [5, 5.41) is 20.1. The summed E-state index contributed by atoms with van der Waals surface area (Å²) >= 11 is 0. The number of hydrazone groups is 1. The van der Waals surface area contributed by atoms with Crippen molar-refractivity contribution in [1.82, 2.24) is 10.2 Å². The highest BCUT2D eigenvalue weighted by Crippen LogP contribution is 2.44. The summed E-state index contributed by atoms with van der Waals surface area (Å²) in [6.45, 7) is 2.92. The Labute approximate surface area is 150 Å². The van der Waals surface area contributed by atoms with E-state index in [-0.39, 0.29) is 0 Å². The van der Waals surface area contributed by atoms with Crippen LogP contribution in [0.1, 0.15) is 24.0 Å². The molecule has 1 aromatic rings. The van der Waals surface area contributed by atoms with E-state index in [0.29, 0.717) is 12.3 Å². The number of nitrogens with one attached hydrogen (secondary N) is 1. The molecule has 0 saturated heterocycles. The van der Waals surface area contributed by atoms with Crippen molar-refractivity contribution in [2.45, 2.75) is 25.7 Å². The van der Waals surface area contributed by atoms with Gasteiger partial charge >= 0.3 is 0 Å². The van der Waals surface area contributed by atoms with Crippen LogP contribution in [0.15, 0.2) is 23.6 Å². The highest BCUT2D eigenvalue weighted by Gasteiger charge is 2.28. The molecule has 2 heterocycles. The normalized spacial score (nSPS) is 16.4. The number of rotatable bonds is 6. The third-order valence-corrected chi connectivity index (χ3v) is 4.94. The maximum Gasteiger partial charge on any atom is 0.146 e. The molecule has 0 unspecified atom stereocenters. The van der Waals surface area contributed by atoms with Gasteiger partial charge in [-0.05, 0) is 37.3 Å². The van der Waals surface area contributed by atoms with Crippen molar-refractivity contribution >= 4 is 17.6 Å². The maximum absolute atomic E-state index is 10.8. The average Bonchev–Trinajstić information content (AvgIpc) is 2.62. The molecule has 0 amide bonds. The number of hydrogen-bond acceptors (Lipinski definition) is 6. The van der Waals surface area contributed by atoms with Crippen LogP contribution in [0, 0.1) is 0 Å². The predicted octanol–water partition coefficient (Wildman–Crippen LogP) is 2.14. The standard InChI is InChI=1S/C19H29N5O/c1-20-8-12-22(2)13-9-21-23(3)17-14-15-6-4-10-24-11-5-7-16(18(15)24)19(17)25/h8-9,12,14,20,25H,4-7,10-11,13H2,1-3H3/b12-8-,21-9+. The molecule has 0 spiro atoms. The van der Waals surface area contributed by atoms with E-state index in [0.717, 1.165) is 43.6 Å². The lowest BCUT2D eigenvalue weighted by Gasteiger charge is -2.38. The Morgan fingerprint density at radius 3 is 2.80 bits per heavy atom. The SMILES string of the molecule is CN/C=C\N(C)C/C=N/N(C)c1cc2c3c(c1O)CCCN3CCC2. The summed E-state index contributed by atoms with van der Waals surface area (Å²) in [6.07, 6.45) is 10.0. The maximum atomic E-state index is 10.8. The number of benzene rings is 1. The fourth-order valence-electron chi connectivity index (χ4n) is 3.69. The second-order valence-corrected chi connectivity index (χ2v) is 6.79. The van der Waals surface area contributed by atoms with Crippen LogP contribution in [-0.2, 0) is 12.8 Å². The molecule has 0 fully saturated rings. The number of aryl methyl sites for hydroxylation is 1. The van der Waals surface area contributed by atoms with Gasteiger partial charge in [0.05, 0.1) is 6.54 Å². The molecule has 0 atom stereocenters. The van der Waals surface area contributed by atoms with Gasteiger partial charge in [-0.2, -0.15) is 5.10 Å². The van der Waals surface area contributed by atoms with E-state index in [1.165, 1.54) is 17.7 Å². The summed E-state index contributed by atoms with van der Waals surface area (Å²) in [7, 11) is 5.77. The van der Waals surface area contributed by atoms with Gasteiger partial charge < -0.3 is 20.2 Å². The van der Waals surface area contributed by atoms with Crippen molar-refractivity contribution in [2.24, 2.45) is 5.10 Å². The fraction of sp³-hybridized carbons (Fsp3) is 0.526. The Bertz CT molecular complexity index is 668. The molecule has 1 aromatic carbocycles. The fourth-order valence-corrected chi connectivity index (χ4v) is 3.69. The van der Waals surface area contributed by atoms with E-state index in [1.54, 1.807) is 5.01 Å². The van der Waals surface area contributed by atoms with E-state index in [9.17, 15) is 5.11 Å². The smallest absolute Gasteiger partial charge is 0.146 e. The van der Waals surface area contributed by atoms with E-state index in [1.807, 2.05) is 44.7 Å². The van der Waals surface area contributed by atoms with Gasteiger partial charge in [-0.25, -0.2) is 0 Å². The first-order valence-electron chi connectivity index (χ1n) is 9.05. The van der Waals surface area contributed by atoms with E-state index < -0.39 is 0 Å². The topological polar surface area (TPSA) is 54.3 Å². The summed E-state index contributed by atoms with van der Waals surface area (Å²) in [4.78, 5) is 4.47. The van der Waals surface area contributed by atoms with Gasteiger partial charge in [-0.15, -0.1) is 0 Å². The van der Waals surface area contributed by atoms with Crippen LogP contribution in [0.4, 0.5) is 11.4 Å². The Morgan fingerprint density at radius 2 is 2.04 bits per heavy atom. The molecule has 2 aliphatic rings. The second kappa shape index (κ2) is 7.68. The van der Waals surface area contributed by atoms with Gasteiger partial charge in [0.1, 0.15) is 11.4 Å². The van der Waals surface area contributed by atoms with Crippen LogP contribution >= 0.6 is 0 Å². The van der Waals surface area contributed by atoms with E-state index in [2.05, 4.69) is 21.4 Å². The Balaban J connectivity index is 1.79. The Kier molecular flexibility index (Phi) is 5.36. The monoisotopic (exact) mass is 343 g/mol. The first kappa shape index (κ1) is 17.5. The number of phenolic OH excluding ortho intramolecular Hbond substituents is 1. The number of nitrogens with zero attached hydrogens (tertiary/aromatic N) is 4. The molecule has 0 saturated carbocycles. The number of anilines is 2. The average molecular weight is 343 g/mol. The predicted molar refractivity (Wildman–Crippen MR) is 105 cm³/mol. The number of phenols is 1. The molecule has 0 aliphatic carbocycles. The molecule has 25 heavy (non-hydrogen) atoms. The number of aromatic hydroxyl groups is 1. The Hall–Kier alpha value is -2.37. The van der Waals surface area contributed by atoms with Crippen LogP contribution in [-0.4, -0.2) is 57.0 Å². The molecule has 0 radical (unpaired) electrons. The molecule has 6 nitrogen and oxygen atoms in total. The van der Waals surface area contributed by atoms with Crippen molar-refractivity contribution in [1.29, 1.82) is 0 Å². The Morgan fingerprint density at radius 1 is 1.28 bits per heavy atom. The van der Waals surface area contributed by atoms with Crippen LogP contribution in [0.2, 0.25) is 0 Å². The lowest BCUT2D eigenvalue weighted by atomic mass is 9.90. The van der Waals surface area contributed by atoms with Crippen molar-refractivity contribution in [3.63, 3.8) is 0 Å². The quantitative estimate of drug-likeness (QED) is 0.612. The highest BCUT2D eigenvalue weighted by atomic mass is 16.3. The summed E-state index contributed by atoms with van der Waals surface area (Å²) in [6, 6.07) is 2.12. The molecule has 2 aliphatic heterocycles. The van der Waals surface area contributed by atoms with Crippen LogP contribution in [0.25, 0.3) is 0 Å². The lowest BCUT2D eigenvalue weighted by Crippen LogP contribution is -2.34. The first-order chi connectivity index (χ1) is 12.1. The van der Waals surface area contributed by atoms with Gasteiger partial charge in [0, 0.05) is 64.1 Å². The number of hydrogen-bond donors (Lipinski definition) is 2. The minimum Gasteiger partial charge on any atom is -0.505 e. The molecule has 3 rings (SSSR count).